The average molecular weight is 296 g/mol. The molecule has 0 unspecified atom stereocenters. The maximum Gasteiger partial charge on any atom is 0.277 e. The number of rotatable bonds is 4. The fraction of sp³-hybridized carbons (Fsp3) is 0.0667. The number of carbonyl (C=O) groups excluding carboxylic acids is 1. The van der Waals surface area contributed by atoms with Crippen LogP contribution in [0.2, 0.25) is 0 Å². The second-order valence-corrected chi connectivity index (χ2v) is 4.36. The van der Waals surface area contributed by atoms with Crippen molar-refractivity contribution in [3.05, 3.63) is 54.6 Å². The number of amides is 1. The molecule has 0 radical (unpaired) electrons. The van der Waals surface area contributed by atoms with Gasteiger partial charge in [0.25, 0.3) is 5.91 Å². The zero-order valence-electron chi connectivity index (χ0n) is 11.7. The molecule has 0 aliphatic heterocycles. The number of pyridine rings is 2. The Balaban J connectivity index is 1.74. The van der Waals surface area contributed by atoms with Crippen LogP contribution in [0.1, 0.15) is 10.5 Å². The van der Waals surface area contributed by atoms with Crippen molar-refractivity contribution in [1.82, 2.24) is 15.1 Å². The summed E-state index contributed by atoms with van der Waals surface area (Å²) in [6, 6.07) is 8.50. The summed E-state index contributed by atoms with van der Waals surface area (Å²) in [6.45, 7) is 0. The summed E-state index contributed by atoms with van der Waals surface area (Å²) in [7, 11) is 1.52. The topological polar surface area (TPSA) is 90.1 Å². The zero-order valence-corrected chi connectivity index (χ0v) is 11.7. The van der Waals surface area contributed by atoms with Crippen molar-refractivity contribution in [1.29, 1.82) is 0 Å². The van der Waals surface area contributed by atoms with E-state index in [-0.39, 0.29) is 11.6 Å². The highest BCUT2D eigenvalue weighted by atomic mass is 16.5. The predicted molar refractivity (Wildman–Crippen MR) is 78.5 cm³/mol. The molecule has 22 heavy (non-hydrogen) atoms. The first-order valence-corrected chi connectivity index (χ1v) is 6.45. The minimum Gasteiger partial charge on any atom is -0.481 e. The Bertz CT molecular complexity index is 769. The van der Waals surface area contributed by atoms with Gasteiger partial charge in [-0.25, -0.2) is 4.98 Å². The second-order valence-electron chi connectivity index (χ2n) is 4.36. The van der Waals surface area contributed by atoms with E-state index < -0.39 is 0 Å². The van der Waals surface area contributed by atoms with Gasteiger partial charge in [-0.2, -0.15) is 0 Å². The quantitative estimate of drug-likeness (QED) is 0.795. The third-order valence-electron chi connectivity index (χ3n) is 2.89. The molecule has 7 nitrogen and oxygen atoms in total. The van der Waals surface area contributed by atoms with Crippen LogP contribution in [-0.4, -0.2) is 28.1 Å². The lowest BCUT2D eigenvalue weighted by molar-refractivity contribution is 0.101. The zero-order chi connectivity index (χ0) is 15.4. The van der Waals surface area contributed by atoms with E-state index in [1.807, 2.05) is 6.07 Å². The van der Waals surface area contributed by atoms with Crippen molar-refractivity contribution in [2.75, 3.05) is 12.4 Å². The Kier molecular flexibility index (Phi) is 3.78. The summed E-state index contributed by atoms with van der Waals surface area (Å²) >= 11 is 0. The summed E-state index contributed by atoms with van der Waals surface area (Å²) in [6.07, 6.45) is 4.79. The summed E-state index contributed by atoms with van der Waals surface area (Å²) in [5, 5.41) is 6.44. The molecular weight excluding hydrogens is 284 g/mol. The molecule has 3 aromatic rings. The second kappa shape index (κ2) is 6.04. The molecule has 110 valence electrons. The van der Waals surface area contributed by atoms with Gasteiger partial charge in [0.2, 0.25) is 5.88 Å². The Hall–Kier alpha value is -3.22. The number of ether oxygens (including phenoxy) is 1. The fourth-order valence-corrected chi connectivity index (χ4v) is 1.80. The minimum absolute atomic E-state index is 0.176. The van der Waals surface area contributed by atoms with E-state index in [1.165, 1.54) is 13.3 Å². The molecule has 0 aliphatic carbocycles. The van der Waals surface area contributed by atoms with Crippen LogP contribution in [0.5, 0.6) is 5.88 Å². The van der Waals surface area contributed by atoms with Gasteiger partial charge in [-0.3, -0.25) is 9.78 Å². The van der Waals surface area contributed by atoms with Gasteiger partial charge in [0.05, 0.1) is 19.0 Å². The Morgan fingerprint density at radius 2 is 2.18 bits per heavy atom. The van der Waals surface area contributed by atoms with Crippen LogP contribution in [-0.2, 0) is 0 Å². The number of nitrogens with zero attached hydrogens (tertiary/aromatic N) is 3. The van der Waals surface area contributed by atoms with Crippen molar-refractivity contribution in [3.8, 4) is 17.2 Å². The molecule has 3 heterocycles. The number of carbonyl (C=O) groups is 1. The summed E-state index contributed by atoms with van der Waals surface area (Å²) < 4.78 is 10.1. The Morgan fingerprint density at radius 3 is 2.86 bits per heavy atom. The van der Waals surface area contributed by atoms with Gasteiger partial charge in [-0.15, -0.1) is 0 Å². The van der Waals surface area contributed by atoms with Crippen LogP contribution in [0.4, 0.5) is 5.69 Å². The molecule has 0 saturated heterocycles. The SMILES string of the molecule is COc1ccc(NC(=O)c2cc(-c3cccnc3)on2)cn1. The molecule has 0 aromatic carbocycles. The van der Waals surface area contributed by atoms with Gasteiger partial charge in [0, 0.05) is 30.1 Å². The van der Waals surface area contributed by atoms with E-state index in [1.54, 1.807) is 36.7 Å². The van der Waals surface area contributed by atoms with Crippen molar-refractivity contribution in [2.45, 2.75) is 0 Å². The van der Waals surface area contributed by atoms with Crippen LogP contribution in [0.15, 0.2) is 53.4 Å². The van der Waals surface area contributed by atoms with Crippen LogP contribution in [0.3, 0.4) is 0 Å². The van der Waals surface area contributed by atoms with Gasteiger partial charge >= 0.3 is 0 Å². The number of methoxy groups -OCH3 is 1. The van der Waals surface area contributed by atoms with Gasteiger partial charge < -0.3 is 14.6 Å². The number of anilines is 1. The van der Waals surface area contributed by atoms with Crippen LogP contribution < -0.4 is 10.1 Å². The van der Waals surface area contributed by atoms with Crippen LogP contribution in [0.25, 0.3) is 11.3 Å². The molecule has 0 atom stereocenters. The summed E-state index contributed by atoms with van der Waals surface area (Å²) in [4.78, 5) is 20.1. The molecular formula is C15H12N4O3. The Labute approximate surface area is 126 Å². The summed E-state index contributed by atoms with van der Waals surface area (Å²) in [5.74, 6) is 0.565. The van der Waals surface area contributed by atoms with Crippen molar-refractivity contribution < 1.29 is 14.1 Å². The lowest BCUT2D eigenvalue weighted by Crippen LogP contribution is -2.12. The maximum atomic E-state index is 12.1. The third kappa shape index (κ3) is 2.93. The van der Waals surface area contributed by atoms with Gasteiger partial charge in [0.1, 0.15) is 0 Å². The molecule has 3 aromatic heterocycles. The Morgan fingerprint density at radius 1 is 1.27 bits per heavy atom. The molecule has 7 heteroatoms. The molecule has 0 saturated carbocycles. The molecule has 1 amide bonds. The molecule has 0 fully saturated rings. The lowest BCUT2D eigenvalue weighted by atomic mass is 10.2. The van der Waals surface area contributed by atoms with Gasteiger partial charge in [0.15, 0.2) is 11.5 Å². The summed E-state index contributed by atoms with van der Waals surface area (Å²) in [5.41, 5.74) is 1.46. The average Bonchev–Trinajstić information content (AvgIpc) is 3.06. The smallest absolute Gasteiger partial charge is 0.277 e. The van der Waals surface area contributed by atoms with E-state index in [0.29, 0.717) is 17.3 Å². The van der Waals surface area contributed by atoms with E-state index in [2.05, 4.69) is 20.4 Å². The number of aromatic nitrogens is 3. The molecule has 0 spiro atoms. The van der Waals surface area contributed by atoms with Crippen LogP contribution in [0, 0.1) is 0 Å². The number of nitrogens with one attached hydrogen (secondary N) is 1. The predicted octanol–water partition coefficient (Wildman–Crippen LogP) is 2.39. The molecule has 3 rings (SSSR count). The van der Waals surface area contributed by atoms with Gasteiger partial charge in [-0.05, 0) is 18.2 Å². The van der Waals surface area contributed by atoms with Crippen molar-refractivity contribution in [3.63, 3.8) is 0 Å². The van der Waals surface area contributed by atoms with Crippen LogP contribution >= 0.6 is 0 Å². The highest BCUT2D eigenvalue weighted by molar-refractivity contribution is 6.03. The monoisotopic (exact) mass is 296 g/mol. The highest BCUT2D eigenvalue weighted by Crippen LogP contribution is 2.19. The molecule has 1 N–H and O–H groups in total. The van der Waals surface area contributed by atoms with E-state index in [9.17, 15) is 4.79 Å². The number of hydrogen-bond acceptors (Lipinski definition) is 6. The van der Waals surface area contributed by atoms with E-state index >= 15 is 0 Å². The van der Waals surface area contributed by atoms with E-state index in [4.69, 9.17) is 9.26 Å². The normalized spacial score (nSPS) is 10.2. The molecule has 0 aliphatic rings. The molecule has 0 bridgehead atoms. The fourth-order valence-electron chi connectivity index (χ4n) is 1.80. The maximum absolute atomic E-state index is 12.1. The largest absolute Gasteiger partial charge is 0.481 e. The van der Waals surface area contributed by atoms with Crippen molar-refractivity contribution in [2.24, 2.45) is 0 Å². The standard InChI is InChI=1S/C15H12N4O3/c1-21-14-5-4-11(9-17-14)18-15(20)12-7-13(22-19-12)10-3-2-6-16-8-10/h2-9H,1H3,(H,18,20). The van der Waals surface area contributed by atoms with Crippen molar-refractivity contribution >= 4 is 11.6 Å². The van der Waals surface area contributed by atoms with Gasteiger partial charge in [-0.1, -0.05) is 5.16 Å². The third-order valence-corrected chi connectivity index (χ3v) is 2.89. The first-order valence-electron chi connectivity index (χ1n) is 6.45. The lowest BCUT2D eigenvalue weighted by Gasteiger charge is -2.03. The first kappa shape index (κ1) is 13.7. The number of hydrogen-bond donors (Lipinski definition) is 1. The van der Waals surface area contributed by atoms with E-state index in [0.717, 1.165) is 5.56 Å². The highest BCUT2D eigenvalue weighted by Gasteiger charge is 2.14. The minimum atomic E-state index is -0.383. The first-order chi connectivity index (χ1) is 10.8.